The minimum absolute atomic E-state index is 0.235. The average molecular weight is 339 g/mol. The van der Waals surface area contributed by atoms with Crippen LogP contribution in [0.2, 0.25) is 18.1 Å². The molecule has 0 amide bonds. The molecule has 2 nitrogen and oxygen atoms in total. The zero-order valence-electron chi connectivity index (χ0n) is 16.8. The van der Waals surface area contributed by atoms with Crippen molar-refractivity contribution in [3.05, 3.63) is 23.3 Å². The SMILES string of the molecule is CC[C@H]1O[C@@H](/C(C)=C/[C@H](C)CO[Si](C)(C)C(C)(C)C)CC=C1C. The van der Waals surface area contributed by atoms with E-state index in [1.807, 2.05) is 0 Å². The summed E-state index contributed by atoms with van der Waals surface area (Å²) in [6, 6.07) is 0. The highest BCUT2D eigenvalue weighted by molar-refractivity contribution is 6.74. The summed E-state index contributed by atoms with van der Waals surface area (Å²) in [4.78, 5) is 0. The van der Waals surface area contributed by atoms with Crippen LogP contribution in [0.4, 0.5) is 0 Å². The van der Waals surface area contributed by atoms with Crippen LogP contribution in [0.5, 0.6) is 0 Å². The van der Waals surface area contributed by atoms with Crippen molar-refractivity contribution in [1.82, 2.24) is 0 Å². The molecule has 23 heavy (non-hydrogen) atoms. The van der Waals surface area contributed by atoms with Gasteiger partial charge >= 0.3 is 0 Å². The van der Waals surface area contributed by atoms with E-state index in [4.69, 9.17) is 9.16 Å². The molecule has 134 valence electrons. The van der Waals surface area contributed by atoms with Crippen molar-refractivity contribution in [1.29, 1.82) is 0 Å². The maximum absolute atomic E-state index is 6.34. The summed E-state index contributed by atoms with van der Waals surface area (Å²) in [6.45, 7) is 21.2. The summed E-state index contributed by atoms with van der Waals surface area (Å²) in [5, 5.41) is 0.272. The molecule has 0 bridgehead atoms. The molecule has 0 radical (unpaired) electrons. The summed E-state index contributed by atoms with van der Waals surface area (Å²) in [5.74, 6) is 0.430. The highest BCUT2D eigenvalue weighted by Crippen LogP contribution is 2.37. The van der Waals surface area contributed by atoms with Gasteiger partial charge in [-0.05, 0) is 61.9 Å². The van der Waals surface area contributed by atoms with Gasteiger partial charge < -0.3 is 9.16 Å². The average Bonchev–Trinajstić information content (AvgIpc) is 2.44. The van der Waals surface area contributed by atoms with Gasteiger partial charge in [0.1, 0.15) is 0 Å². The monoisotopic (exact) mass is 338 g/mol. The molecule has 0 saturated heterocycles. The summed E-state index contributed by atoms with van der Waals surface area (Å²) < 4.78 is 12.6. The Morgan fingerprint density at radius 1 is 1.43 bits per heavy atom. The Kier molecular flexibility index (Phi) is 7.30. The van der Waals surface area contributed by atoms with Crippen LogP contribution in [0.1, 0.15) is 61.3 Å². The minimum atomic E-state index is -1.65. The third-order valence-corrected chi connectivity index (χ3v) is 9.93. The van der Waals surface area contributed by atoms with Crippen molar-refractivity contribution in [3.63, 3.8) is 0 Å². The molecule has 0 aliphatic carbocycles. The second-order valence-corrected chi connectivity index (χ2v) is 13.5. The second-order valence-electron chi connectivity index (χ2n) is 8.66. The third kappa shape index (κ3) is 5.88. The molecule has 0 unspecified atom stereocenters. The van der Waals surface area contributed by atoms with E-state index in [9.17, 15) is 0 Å². The van der Waals surface area contributed by atoms with Gasteiger partial charge in [-0.15, -0.1) is 0 Å². The minimum Gasteiger partial charge on any atom is -0.416 e. The van der Waals surface area contributed by atoms with E-state index >= 15 is 0 Å². The first-order valence-electron chi connectivity index (χ1n) is 9.12. The van der Waals surface area contributed by atoms with Gasteiger partial charge in [-0.1, -0.05) is 46.8 Å². The lowest BCUT2D eigenvalue weighted by Crippen LogP contribution is -2.41. The molecular formula is C20H38O2Si. The van der Waals surface area contributed by atoms with Crippen LogP contribution >= 0.6 is 0 Å². The Morgan fingerprint density at radius 2 is 2.04 bits per heavy atom. The van der Waals surface area contributed by atoms with Crippen LogP contribution in [0, 0.1) is 5.92 Å². The quantitative estimate of drug-likeness (QED) is 0.430. The van der Waals surface area contributed by atoms with Gasteiger partial charge in [0, 0.05) is 6.61 Å². The summed E-state index contributed by atoms with van der Waals surface area (Å²) in [5.41, 5.74) is 2.73. The fourth-order valence-electron chi connectivity index (χ4n) is 2.66. The number of hydrogen-bond donors (Lipinski definition) is 0. The fourth-order valence-corrected chi connectivity index (χ4v) is 3.77. The zero-order chi connectivity index (χ0) is 17.8. The summed E-state index contributed by atoms with van der Waals surface area (Å²) in [6.07, 6.45) is 7.27. The topological polar surface area (TPSA) is 18.5 Å². The molecule has 1 aliphatic heterocycles. The molecule has 0 saturated carbocycles. The molecule has 0 aromatic heterocycles. The molecule has 3 atom stereocenters. The van der Waals surface area contributed by atoms with Gasteiger partial charge in [-0.2, -0.15) is 0 Å². The van der Waals surface area contributed by atoms with Crippen LogP contribution < -0.4 is 0 Å². The lowest BCUT2D eigenvalue weighted by atomic mass is 9.97. The van der Waals surface area contributed by atoms with Gasteiger partial charge in [0.25, 0.3) is 0 Å². The van der Waals surface area contributed by atoms with E-state index in [2.05, 4.69) is 73.7 Å². The lowest BCUT2D eigenvalue weighted by Gasteiger charge is -2.37. The Morgan fingerprint density at radius 3 is 2.57 bits per heavy atom. The van der Waals surface area contributed by atoms with Gasteiger partial charge in [0.15, 0.2) is 8.32 Å². The normalized spacial score (nSPS) is 25.3. The van der Waals surface area contributed by atoms with E-state index in [0.29, 0.717) is 5.92 Å². The van der Waals surface area contributed by atoms with Crippen LogP contribution in [0.15, 0.2) is 23.3 Å². The van der Waals surface area contributed by atoms with E-state index < -0.39 is 8.32 Å². The van der Waals surface area contributed by atoms with Gasteiger partial charge in [-0.25, -0.2) is 0 Å². The maximum atomic E-state index is 6.34. The molecular weight excluding hydrogens is 300 g/mol. The van der Waals surface area contributed by atoms with E-state index in [1.54, 1.807) is 0 Å². The first-order chi connectivity index (χ1) is 10.5. The Labute approximate surface area is 145 Å². The van der Waals surface area contributed by atoms with Crippen molar-refractivity contribution < 1.29 is 9.16 Å². The van der Waals surface area contributed by atoms with Crippen LogP contribution in [0.25, 0.3) is 0 Å². The first-order valence-corrected chi connectivity index (χ1v) is 12.0. The molecule has 1 heterocycles. The van der Waals surface area contributed by atoms with Crippen molar-refractivity contribution in [2.24, 2.45) is 5.92 Å². The standard InChI is InChI=1S/C20H38O2Si/c1-10-18-16(3)11-12-19(22-18)17(4)13-15(2)14-21-23(8,9)20(5,6)7/h11,13,15,18-19H,10,12,14H2,1-9H3/b17-13+/t15-,18+,19+/m0/s1. The Balaban J connectivity index is 2.61. The highest BCUT2D eigenvalue weighted by atomic mass is 28.4. The summed E-state index contributed by atoms with van der Waals surface area (Å²) in [7, 11) is -1.65. The fraction of sp³-hybridized carbons (Fsp3) is 0.800. The number of ether oxygens (including phenoxy) is 1. The number of rotatable bonds is 6. The van der Waals surface area contributed by atoms with Crippen molar-refractivity contribution in [2.75, 3.05) is 6.61 Å². The molecule has 1 aliphatic rings. The third-order valence-electron chi connectivity index (χ3n) is 5.43. The highest BCUT2D eigenvalue weighted by Gasteiger charge is 2.37. The molecule has 0 spiro atoms. The van der Waals surface area contributed by atoms with E-state index in [0.717, 1.165) is 19.4 Å². The molecule has 0 aromatic rings. The predicted molar refractivity (Wildman–Crippen MR) is 103 cm³/mol. The molecule has 1 rings (SSSR count). The molecule has 0 fully saturated rings. The van der Waals surface area contributed by atoms with Crippen LogP contribution in [-0.2, 0) is 9.16 Å². The zero-order valence-corrected chi connectivity index (χ0v) is 17.8. The van der Waals surface area contributed by atoms with Crippen LogP contribution in [-0.4, -0.2) is 27.1 Å². The summed E-state index contributed by atoms with van der Waals surface area (Å²) >= 11 is 0. The molecule has 0 aromatic carbocycles. The van der Waals surface area contributed by atoms with Gasteiger partial charge in [0.05, 0.1) is 12.2 Å². The van der Waals surface area contributed by atoms with Gasteiger partial charge in [0.2, 0.25) is 0 Å². The van der Waals surface area contributed by atoms with Crippen molar-refractivity contribution in [3.8, 4) is 0 Å². The largest absolute Gasteiger partial charge is 0.416 e. The first kappa shape index (κ1) is 20.7. The Hall–Kier alpha value is -0.383. The lowest BCUT2D eigenvalue weighted by molar-refractivity contribution is 0.0177. The van der Waals surface area contributed by atoms with E-state index in [-0.39, 0.29) is 17.2 Å². The van der Waals surface area contributed by atoms with Crippen LogP contribution in [0.3, 0.4) is 0 Å². The molecule has 0 N–H and O–H groups in total. The Bertz CT molecular complexity index is 443. The van der Waals surface area contributed by atoms with Gasteiger partial charge in [-0.3, -0.25) is 0 Å². The maximum Gasteiger partial charge on any atom is 0.192 e. The van der Waals surface area contributed by atoms with E-state index in [1.165, 1.54) is 11.1 Å². The number of hydrogen-bond acceptors (Lipinski definition) is 2. The van der Waals surface area contributed by atoms with Crippen molar-refractivity contribution >= 4 is 8.32 Å². The second kappa shape index (κ2) is 8.13. The van der Waals surface area contributed by atoms with Crippen molar-refractivity contribution in [2.45, 2.75) is 91.6 Å². The smallest absolute Gasteiger partial charge is 0.192 e. The molecule has 3 heteroatoms. The predicted octanol–water partition coefficient (Wildman–Crippen LogP) is 6.10.